The quantitative estimate of drug-likeness (QED) is 0.720. The summed E-state index contributed by atoms with van der Waals surface area (Å²) in [7, 11) is -1.03. The van der Waals surface area contributed by atoms with Crippen molar-refractivity contribution in [3.05, 3.63) is 30.9 Å². The van der Waals surface area contributed by atoms with E-state index < -0.39 is 36.6 Å². The summed E-state index contributed by atoms with van der Waals surface area (Å²) in [6, 6.07) is 6.01. The molecule has 2 aliphatic rings. The van der Waals surface area contributed by atoms with Gasteiger partial charge in [0.05, 0.1) is 22.4 Å². The van der Waals surface area contributed by atoms with E-state index in [0.29, 0.717) is 5.82 Å². The van der Waals surface area contributed by atoms with Gasteiger partial charge in [-0.15, -0.1) is 0 Å². The van der Waals surface area contributed by atoms with E-state index in [2.05, 4.69) is 15.0 Å². The third kappa shape index (κ3) is 3.58. The van der Waals surface area contributed by atoms with E-state index in [1.807, 2.05) is 73.6 Å². The van der Waals surface area contributed by atoms with E-state index >= 15 is 0 Å². The molecule has 2 fully saturated rings. The second-order valence-corrected chi connectivity index (χ2v) is 10.0. The molecule has 158 valence electrons. The van der Waals surface area contributed by atoms with Gasteiger partial charge in [0, 0.05) is 5.56 Å². The van der Waals surface area contributed by atoms with Crippen molar-refractivity contribution in [1.29, 1.82) is 0 Å². The second kappa shape index (κ2) is 6.85. The molecule has 0 spiro atoms. The number of benzene rings is 1. The van der Waals surface area contributed by atoms with Crippen LogP contribution < -0.4 is 10.9 Å². The Labute approximate surface area is 179 Å². The summed E-state index contributed by atoms with van der Waals surface area (Å²) < 4.78 is 25.1. The Kier molecular flexibility index (Phi) is 4.90. The molecule has 0 bridgehead atoms. The Hall–Kier alpha value is -1.80. The van der Waals surface area contributed by atoms with Gasteiger partial charge in [-0.3, -0.25) is 0 Å². The van der Waals surface area contributed by atoms with Crippen molar-refractivity contribution in [2.24, 2.45) is 0 Å². The van der Waals surface area contributed by atoms with Crippen LogP contribution in [0, 0.1) is 0 Å². The van der Waals surface area contributed by atoms with Crippen molar-refractivity contribution in [2.45, 2.75) is 77.8 Å². The molecule has 30 heavy (non-hydrogen) atoms. The van der Waals surface area contributed by atoms with Gasteiger partial charge in [-0.1, -0.05) is 18.2 Å². The molecule has 0 aliphatic carbocycles. The topological polar surface area (TPSA) is 75.6 Å². The van der Waals surface area contributed by atoms with Crippen molar-refractivity contribution >= 4 is 25.2 Å². The molecule has 2 saturated heterocycles. The molecule has 7 nitrogen and oxygen atoms in total. The largest absolute Gasteiger partial charge is 0.494 e. The van der Waals surface area contributed by atoms with Gasteiger partial charge in [0.2, 0.25) is 0 Å². The molecule has 9 heteroatoms. The lowest BCUT2D eigenvalue weighted by atomic mass is 9.71. The summed E-state index contributed by atoms with van der Waals surface area (Å²) >= 11 is 0. The van der Waals surface area contributed by atoms with Gasteiger partial charge in [-0.05, 0) is 66.3 Å². The fraction of sp³-hybridized carbons (Fsp3) is 0.571. The lowest BCUT2D eigenvalue weighted by Crippen LogP contribution is -2.41. The van der Waals surface area contributed by atoms with Crippen molar-refractivity contribution in [3.8, 4) is 11.4 Å². The van der Waals surface area contributed by atoms with Gasteiger partial charge in [-0.2, -0.15) is 0 Å². The van der Waals surface area contributed by atoms with Crippen LogP contribution in [0.3, 0.4) is 0 Å². The number of rotatable bonds is 3. The van der Waals surface area contributed by atoms with Crippen LogP contribution in [-0.2, 0) is 18.6 Å². The molecule has 2 aliphatic heterocycles. The molecule has 0 N–H and O–H groups in total. The Balaban J connectivity index is 1.77. The van der Waals surface area contributed by atoms with Gasteiger partial charge in [0.15, 0.2) is 5.82 Å². The minimum atomic E-state index is -0.516. The second-order valence-electron chi connectivity index (χ2n) is 10.0. The first-order chi connectivity index (χ1) is 13.8. The molecule has 0 radical (unpaired) electrons. The Bertz CT molecular complexity index is 864. The normalized spacial score (nSPS) is 23.7. The van der Waals surface area contributed by atoms with E-state index in [4.69, 9.17) is 18.6 Å². The molecule has 1 aromatic carbocycles. The minimum absolute atomic E-state index is 0.439. The molecule has 0 saturated carbocycles. The molecule has 0 amide bonds. The van der Waals surface area contributed by atoms with Gasteiger partial charge in [0.25, 0.3) is 0 Å². The van der Waals surface area contributed by atoms with E-state index in [0.717, 1.165) is 16.5 Å². The Morgan fingerprint density at radius 1 is 0.600 bits per heavy atom. The molecule has 3 heterocycles. The number of aromatic nitrogens is 3. The van der Waals surface area contributed by atoms with Crippen LogP contribution in [0.1, 0.15) is 55.4 Å². The predicted octanol–water partition coefficient (Wildman–Crippen LogP) is 2.14. The fourth-order valence-electron chi connectivity index (χ4n) is 3.42. The summed E-state index contributed by atoms with van der Waals surface area (Å²) in [5, 5.41) is 0. The number of hydrogen-bond donors (Lipinski definition) is 0. The molecular weight excluding hydrogens is 380 g/mol. The van der Waals surface area contributed by atoms with Crippen LogP contribution in [0.5, 0.6) is 0 Å². The lowest BCUT2D eigenvalue weighted by Gasteiger charge is -2.32. The zero-order valence-electron chi connectivity index (χ0n) is 19.0. The maximum absolute atomic E-state index is 6.28. The van der Waals surface area contributed by atoms with Crippen molar-refractivity contribution in [3.63, 3.8) is 0 Å². The summed E-state index contributed by atoms with van der Waals surface area (Å²) in [6.07, 6.45) is 2.97. The van der Waals surface area contributed by atoms with Gasteiger partial charge < -0.3 is 18.6 Å². The monoisotopic (exact) mass is 409 g/mol. The van der Waals surface area contributed by atoms with Crippen molar-refractivity contribution in [1.82, 2.24) is 15.0 Å². The van der Waals surface area contributed by atoms with E-state index in [-0.39, 0.29) is 0 Å². The highest BCUT2D eigenvalue weighted by Crippen LogP contribution is 2.38. The summed E-state index contributed by atoms with van der Waals surface area (Å²) in [6.45, 7) is 16.3. The van der Waals surface area contributed by atoms with Crippen molar-refractivity contribution < 1.29 is 18.6 Å². The molecule has 0 atom stereocenters. The third-order valence-electron chi connectivity index (χ3n) is 6.78. The first-order valence-corrected chi connectivity index (χ1v) is 10.3. The highest BCUT2D eigenvalue weighted by Gasteiger charge is 2.54. The maximum Gasteiger partial charge on any atom is 0.494 e. The Morgan fingerprint density at radius 3 is 1.33 bits per heavy atom. The molecule has 2 aromatic rings. The number of hydrogen-bond acceptors (Lipinski definition) is 7. The van der Waals surface area contributed by atoms with Crippen LogP contribution in [-0.4, -0.2) is 51.6 Å². The van der Waals surface area contributed by atoms with E-state index in [1.165, 1.54) is 12.7 Å². The zero-order chi connectivity index (χ0) is 21.9. The molecular formula is C21H29B2N3O4. The minimum Gasteiger partial charge on any atom is -0.399 e. The van der Waals surface area contributed by atoms with E-state index in [9.17, 15) is 0 Å². The predicted molar refractivity (Wildman–Crippen MR) is 117 cm³/mol. The first-order valence-electron chi connectivity index (χ1n) is 10.3. The fourth-order valence-corrected chi connectivity index (χ4v) is 3.42. The summed E-state index contributed by atoms with van der Waals surface area (Å²) in [5.74, 6) is 0.570. The first kappa shape index (κ1) is 21.4. The highest BCUT2D eigenvalue weighted by atomic mass is 16.7. The summed E-state index contributed by atoms with van der Waals surface area (Å²) in [5.41, 5.74) is 0.815. The average Bonchev–Trinajstić information content (AvgIpc) is 3.02. The maximum atomic E-state index is 6.28. The zero-order valence-corrected chi connectivity index (χ0v) is 19.0. The summed E-state index contributed by atoms with van der Waals surface area (Å²) in [4.78, 5) is 12.6. The highest BCUT2D eigenvalue weighted by molar-refractivity contribution is 6.66. The standard InChI is InChI=1S/C21H29B2N3O4/c1-18(2)19(3,4)28-22(27-18)15-9-14(17-25-12-24-13-26-17)10-16(11-15)23-29-20(5,6)21(7,8)30-23/h9-13H,1-8H3. The van der Waals surface area contributed by atoms with Gasteiger partial charge >= 0.3 is 14.2 Å². The molecule has 4 rings (SSSR count). The van der Waals surface area contributed by atoms with Crippen LogP contribution in [0.25, 0.3) is 11.4 Å². The van der Waals surface area contributed by atoms with Crippen LogP contribution in [0.2, 0.25) is 0 Å². The molecule has 1 aromatic heterocycles. The van der Waals surface area contributed by atoms with E-state index in [1.54, 1.807) is 0 Å². The van der Waals surface area contributed by atoms with Crippen LogP contribution in [0.4, 0.5) is 0 Å². The van der Waals surface area contributed by atoms with Gasteiger partial charge in [0.1, 0.15) is 12.7 Å². The van der Waals surface area contributed by atoms with Gasteiger partial charge in [-0.25, -0.2) is 15.0 Å². The van der Waals surface area contributed by atoms with Crippen LogP contribution >= 0.6 is 0 Å². The SMILES string of the molecule is CC1(C)OB(c2cc(B3OC(C)(C)C(C)(C)O3)cc(-c3ncncn3)c2)OC1(C)C. The molecule has 0 unspecified atom stereocenters. The smallest absolute Gasteiger partial charge is 0.399 e. The lowest BCUT2D eigenvalue weighted by molar-refractivity contribution is 0.00578. The van der Waals surface area contributed by atoms with Crippen molar-refractivity contribution in [2.75, 3.05) is 0 Å². The Morgan fingerprint density at radius 2 is 0.967 bits per heavy atom. The van der Waals surface area contributed by atoms with Crippen LogP contribution in [0.15, 0.2) is 30.9 Å². The average molecular weight is 409 g/mol. The third-order valence-corrected chi connectivity index (χ3v) is 6.78. The number of nitrogens with zero attached hydrogens (tertiary/aromatic N) is 3.